The Morgan fingerprint density at radius 3 is 2.83 bits per heavy atom. The number of nitrogens with zero attached hydrogens (tertiary/aromatic N) is 4. The van der Waals surface area contributed by atoms with Gasteiger partial charge in [-0.25, -0.2) is 0 Å². The van der Waals surface area contributed by atoms with Crippen LogP contribution < -0.4 is 15.4 Å². The maximum atomic E-state index is 5.95. The number of aliphatic imine (C=N–C) groups is 1. The highest BCUT2D eigenvalue weighted by Crippen LogP contribution is 2.21. The first-order valence-electron chi connectivity index (χ1n) is 10.1. The van der Waals surface area contributed by atoms with E-state index in [1.807, 2.05) is 42.6 Å². The lowest BCUT2D eigenvalue weighted by Crippen LogP contribution is -2.37. The van der Waals surface area contributed by atoms with Crippen LogP contribution in [0.3, 0.4) is 0 Å². The van der Waals surface area contributed by atoms with Crippen molar-refractivity contribution in [3.63, 3.8) is 0 Å². The van der Waals surface area contributed by atoms with Crippen LogP contribution in [-0.4, -0.2) is 40.3 Å². The van der Waals surface area contributed by atoms with Crippen LogP contribution in [0.4, 0.5) is 0 Å². The third-order valence-corrected chi connectivity index (χ3v) is 4.51. The molecule has 0 atom stereocenters. The van der Waals surface area contributed by atoms with E-state index in [1.54, 1.807) is 7.05 Å². The molecule has 2 N–H and O–H groups in total. The van der Waals surface area contributed by atoms with Gasteiger partial charge < -0.3 is 15.4 Å². The molecule has 2 aromatic heterocycles. The molecule has 0 radical (unpaired) electrons. The first kappa shape index (κ1) is 20.6. The fourth-order valence-corrected chi connectivity index (χ4v) is 3.09. The summed E-state index contributed by atoms with van der Waals surface area (Å²) >= 11 is 0. The van der Waals surface area contributed by atoms with Gasteiger partial charge >= 0.3 is 0 Å². The van der Waals surface area contributed by atoms with Crippen molar-refractivity contribution in [3.05, 3.63) is 59.5 Å². The molecule has 0 bridgehead atoms. The molecular weight excluding hydrogens is 364 g/mol. The van der Waals surface area contributed by atoms with E-state index in [0.717, 1.165) is 48.1 Å². The predicted molar refractivity (Wildman–Crippen MR) is 116 cm³/mol. The van der Waals surface area contributed by atoms with Crippen LogP contribution in [0.2, 0.25) is 0 Å². The number of rotatable bonds is 8. The molecule has 0 saturated heterocycles. The van der Waals surface area contributed by atoms with E-state index >= 15 is 0 Å². The number of hydrogen-bond donors (Lipinski definition) is 2. The first-order valence-corrected chi connectivity index (χ1v) is 10.1. The topological polar surface area (TPSA) is 75.8 Å². The lowest BCUT2D eigenvalue weighted by Gasteiger charge is -2.17. The predicted octanol–water partition coefficient (Wildman–Crippen LogP) is 3.12. The summed E-state index contributed by atoms with van der Waals surface area (Å²) in [7, 11) is 1.78. The Bertz CT molecular complexity index is 963. The minimum absolute atomic E-state index is 0.140. The van der Waals surface area contributed by atoms with Crippen molar-refractivity contribution in [2.24, 2.45) is 4.99 Å². The molecule has 0 amide bonds. The van der Waals surface area contributed by atoms with Crippen molar-refractivity contribution in [2.75, 3.05) is 13.6 Å². The summed E-state index contributed by atoms with van der Waals surface area (Å²) in [6.07, 6.45) is 3.92. The van der Waals surface area contributed by atoms with Crippen molar-refractivity contribution in [1.29, 1.82) is 0 Å². The highest BCUT2D eigenvalue weighted by atomic mass is 16.5. The minimum Gasteiger partial charge on any atom is -0.491 e. The summed E-state index contributed by atoms with van der Waals surface area (Å²) in [6, 6.07) is 12.2. The fraction of sp³-hybridized carbons (Fsp3) is 0.409. The molecular formula is C22H30N6O. The van der Waals surface area contributed by atoms with Gasteiger partial charge in [0.2, 0.25) is 0 Å². The van der Waals surface area contributed by atoms with Gasteiger partial charge in [-0.2, -0.15) is 0 Å². The molecule has 0 fully saturated rings. The molecule has 0 aliphatic heterocycles. The summed E-state index contributed by atoms with van der Waals surface area (Å²) in [5.74, 6) is 2.66. The number of hydrogen-bond acceptors (Lipinski definition) is 4. The van der Waals surface area contributed by atoms with E-state index in [4.69, 9.17) is 4.74 Å². The van der Waals surface area contributed by atoms with Gasteiger partial charge in [-0.1, -0.05) is 18.2 Å². The monoisotopic (exact) mass is 394 g/mol. The zero-order valence-corrected chi connectivity index (χ0v) is 17.6. The van der Waals surface area contributed by atoms with Gasteiger partial charge in [-0.05, 0) is 51.0 Å². The van der Waals surface area contributed by atoms with Crippen molar-refractivity contribution in [1.82, 2.24) is 25.2 Å². The molecule has 3 rings (SSSR count). The Labute approximate surface area is 172 Å². The van der Waals surface area contributed by atoms with Crippen LogP contribution in [0.15, 0.2) is 47.6 Å². The second-order valence-corrected chi connectivity index (χ2v) is 7.28. The summed E-state index contributed by atoms with van der Waals surface area (Å²) in [6.45, 7) is 7.60. The number of pyridine rings is 1. The molecule has 0 unspecified atom stereocenters. The number of guanidine groups is 1. The average Bonchev–Trinajstić information content (AvgIpc) is 3.11. The van der Waals surface area contributed by atoms with Crippen molar-refractivity contribution in [3.8, 4) is 5.75 Å². The number of fused-ring (bicyclic) bond motifs is 1. The van der Waals surface area contributed by atoms with Crippen LogP contribution in [0.1, 0.15) is 37.2 Å². The SMILES string of the molecule is CN=C(NCCCc1nnc2ccccn12)NCc1ccc(C)cc1OC(C)C. The van der Waals surface area contributed by atoms with Gasteiger partial charge in [0, 0.05) is 38.3 Å². The Balaban J connectivity index is 1.49. The van der Waals surface area contributed by atoms with Crippen LogP contribution >= 0.6 is 0 Å². The Kier molecular flexibility index (Phi) is 7.05. The lowest BCUT2D eigenvalue weighted by atomic mass is 10.1. The normalized spacial score (nSPS) is 11.8. The zero-order chi connectivity index (χ0) is 20.6. The van der Waals surface area contributed by atoms with Crippen molar-refractivity contribution in [2.45, 2.75) is 46.3 Å². The zero-order valence-electron chi connectivity index (χ0n) is 17.6. The van der Waals surface area contributed by atoms with Crippen molar-refractivity contribution < 1.29 is 4.74 Å². The number of ether oxygens (including phenoxy) is 1. The Morgan fingerprint density at radius 1 is 1.17 bits per heavy atom. The van der Waals surface area contributed by atoms with Gasteiger partial charge in [-0.3, -0.25) is 9.39 Å². The maximum Gasteiger partial charge on any atom is 0.191 e. The number of aromatic nitrogens is 3. The van der Waals surface area contributed by atoms with Crippen molar-refractivity contribution >= 4 is 11.6 Å². The molecule has 0 aliphatic carbocycles. The number of nitrogens with one attached hydrogen (secondary N) is 2. The Morgan fingerprint density at radius 2 is 2.03 bits per heavy atom. The van der Waals surface area contributed by atoms with E-state index in [2.05, 4.69) is 50.9 Å². The van der Waals surface area contributed by atoms with E-state index in [0.29, 0.717) is 6.54 Å². The second kappa shape index (κ2) is 9.91. The third-order valence-electron chi connectivity index (χ3n) is 4.51. The maximum absolute atomic E-state index is 5.95. The summed E-state index contributed by atoms with van der Waals surface area (Å²) < 4.78 is 7.98. The third kappa shape index (κ3) is 5.70. The number of benzene rings is 1. The summed E-state index contributed by atoms with van der Waals surface area (Å²) in [5.41, 5.74) is 3.18. The molecule has 1 aromatic carbocycles. The van der Waals surface area contributed by atoms with Gasteiger partial charge in [0.25, 0.3) is 0 Å². The summed E-state index contributed by atoms with van der Waals surface area (Å²) in [4.78, 5) is 4.32. The van der Waals surface area contributed by atoms with Gasteiger partial charge in [0.15, 0.2) is 11.6 Å². The van der Waals surface area contributed by atoms with Crippen LogP contribution in [0, 0.1) is 6.92 Å². The van der Waals surface area contributed by atoms with Crippen LogP contribution in [-0.2, 0) is 13.0 Å². The number of aryl methyl sites for hydroxylation is 2. The molecule has 7 heteroatoms. The highest BCUT2D eigenvalue weighted by Gasteiger charge is 2.08. The van der Waals surface area contributed by atoms with E-state index in [1.165, 1.54) is 5.56 Å². The average molecular weight is 395 g/mol. The first-order chi connectivity index (χ1) is 14.1. The lowest BCUT2D eigenvalue weighted by molar-refractivity contribution is 0.239. The molecule has 7 nitrogen and oxygen atoms in total. The fourth-order valence-electron chi connectivity index (χ4n) is 3.09. The Hall–Kier alpha value is -3.09. The minimum atomic E-state index is 0.140. The van der Waals surface area contributed by atoms with Gasteiger partial charge in [0.1, 0.15) is 11.6 Å². The smallest absolute Gasteiger partial charge is 0.191 e. The summed E-state index contributed by atoms with van der Waals surface area (Å²) in [5, 5.41) is 15.2. The quantitative estimate of drug-likeness (QED) is 0.349. The second-order valence-electron chi connectivity index (χ2n) is 7.28. The highest BCUT2D eigenvalue weighted by molar-refractivity contribution is 5.79. The standard InChI is InChI=1S/C22H30N6O/c1-16(2)29-19-14-17(3)10-11-18(19)15-25-22(23-4)24-12-7-9-21-27-26-20-8-5-6-13-28(20)21/h5-6,8,10-11,13-14,16H,7,9,12,15H2,1-4H3,(H2,23,24,25). The van der Waals surface area contributed by atoms with E-state index < -0.39 is 0 Å². The molecule has 3 aromatic rings. The van der Waals surface area contributed by atoms with E-state index in [9.17, 15) is 0 Å². The molecule has 0 aliphatic rings. The molecule has 29 heavy (non-hydrogen) atoms. The van der Waals surface area contributed by atoms with E-state index in [-0.39, 0.29) is 6.10 Å². The molecule has 154 valence electrons. The van der Waals surface area contributed by atoms with Gasteiger partial charge in [0.05, 0.1) is 6.10 Å². The van der Waals surface area contributed by atoms with Crippen LogP contribution in [0.5, 0.6) is 5.75 Å². The largest absolute Gasteiger partial charge is 0.491 e. The molecule has 0 spiro atoms. The molecule has 2 heterocycles. The van der Waals surface area contributed by atoms with Gasteiger partial charge in [-0.15, -0.1) is 10.2 Å². The molecule has 0 saturated carbocycles. The van der Waals surface area contributed by atoms with Crippen LogP contribution in [0.25, 0.3) is 5.65 Å².